The standard InChI is InChI=1S/C18H19F3N4O5S2/c1-12(22-14-5-4-13(18(19,20)21)11-15(14)25(27)28)17(26)23-6-8-24(9-7-23)32(29,30)16-3-2-10-31-16/h2-5,10-12,22H,6-9H2,1H3/t12-/m0/s1. The molecule has 1 aromatic carbocycles. The average molecular weight is 493 g/mol. The highest BCUT2D eigenvalue weighted by atomic mass is 32.2. The number of nitrogens with one attached hydrogen (secondary N) is 1. The maximum Gasteiger partial charge on any atom is 0.416 e. The van der Waals surface area contributed by atoms with Crippen molar-refractivity contribution in [2.75, 3.05) is 31.5 Å². The molecule has 2 aromatic rings. The van der Waals surface area contributed by atoms with Crippen molar-refractivity contribution in [3.05, 3.63) is 51.4 Å². The minimum atomic E-state index is -4.74. The highest BCUT2D eigenvalue weighted by Gasteiger charge is 2.35. The summed E-state index contributed by atoms with van der Waals surface area (Å²) in [6, 6.07) is 4.17. The molecule has 9 nitrogen and oxygen atoms in total. The zero-order chi connectivity index (χ0) is 23.7. The quantitative estimate of drug-likeness (QED) is 0.490. The van der Waals surface area contributed by atoms with Gasteiger partial charge in [-0.25, -0.2) is 8.42 Å². The summed E-state index contributed by atoms with van der Waals surface area (Å²) in [5, 5.41) is 15.5. The number of amides is 1. The number of anilines is 1. The molecule has 1 N–H and O–H groups in total. The lowest BCUT2D eigenvalue weighted by molar-refractivity contribution is -0.384. The minimum Gasteiger partial charge on any atom is -0.368 e. The van der Waals surface area contributed by atoms with Crippen molar-refractivity contribution in [3.8, 4) is 0 Å². The first-order chi connectivity index (χ1) is 14.9. The molecule has 1 atom stereocenters. The summed E-state index contributed by atoms with van der Waals surface area (Å²) in [6.07, 6.45) is -4.74. The molecule has 14 heteroatoms. The van der Waals surface area contributed by atoms with Crippen molar-refractivity contribution in [3.63, 3.8) is 0 Å². The fourth-order valence-corrected chi connectivity index (χ4v) is 5.80. The van der Waals surface area contributed by atoms with Gasteiger partial charge in [0.15, 0.2) is 0 Å². The van der Waals surface area contributed by atoms with Gasteiger partial charge in [-0.15, -0.1) is 11.3 Å². The van der Waals surface area contributed by atoms with Crippen molar-refractivity contribution in [2.24, 2.45) is 0 Å². The average Bonchev–Trinajstić information content (AvgIpc) is 3.28. The number of halogens is 3. The van der Waals surface area contributed by atoms with E-state index in [-0.39, 0.29) is 36.1 Å². The number of nitrogens with zero attached hydrogens (tertiary/aromatic N) is 3. The number of nitro benzene ring substituents is 1. The molecule has 174 valence electrons. The van der Waals surface area contributed by atoms with Crippen LogP contribution in [0, 0.1) is 10.1 Å². The molecule has 32 heavy (non-hydrogen) atoms. The number of nitro groups is 1. The Bertz CT molecular complexity index is 1100. The summed E-state index contributed by atoms with van der Waals surface area (Å²) >= 11 is 1.10. The summed E-state index contributed by atoms with van der Waals surface area (Å²) < 4.78 is 65.2. The number of benzene rings is 1. The summed E-state index contributed by atoms with van der Waals surface area (Å²) in [4.78, 5) is 24.4. The highest BCUT2D eigenvalue weighted by molar-refractivity contribution is 7.91. The van der Waals surface area contributed by atoms with Crippen LogP contribution in [0.25, 0.3) is 0 Å². The second-order valence-electron chi connectivity index (χ2n) is 7.01. The molecule has 1 amide bonds. The van der Waals surface area contributed by atoms with Crippen LogP contribution in [0.5, 0.6) is 0 Å². The van der Waals surface area contributed by atoms with Gasteiger partial charge in [0.1, 0.15) is 15.9 Å². The van der Waals surface area contributed by atoms with Crippen LogP contribution in [0.3, 0.4) is 0 Å². The summed E-state index contributed by atoms with van der Waals surface area (Å²) in [5.74, 6) is -0.452. The zero-order valence-corrected chi connectivity index (χ0v) is 18.3. The summed E-state index contributed by atoms with van der Waals surface area (Å²) in [7, 11) is -3.64. The molecule has 0 bridgehead atoms. The van der Waals surface area contributed by atoms with Crippen LogP contribution in [0.1, 0.15) is 12.5 Å². The summed E-state index contributed by atoms with van der Waals surface area (Å²) in [6.45, 7) is 1.83. The van der Waals surface area contributed by atoms with Gasteiger partial charge in [-0.05, 0) is 30.5 Å². The Morgan fingerprint density at radius 3 is 2.41 bits per heavy atom. The number of hydrogen-bond donors (Lipinski definition) is 1. The normalized spacial score (nSPS) is 16.6. The third kappa shape index (κ3) is 5.02. The maximum atomic E-state index is 12.9. The van der Waals surface area contributed by atoms with E-state index in [0.717, 1.165) is 17.4 Å². The van der Waals surface area contributed by atoms with E-state index in [1.54, 1.807) is 11.4 Å². The molecular weight excluding hydrogens is 473 g/mol. The van der Waals surface area contributed by atoms with Gasteiger partial charge in [-0.3, -0.25) is 14.9 Å². The van der Waals surface area contributed by atoms with E-state index in [2.05, 4.69) is 5.32 Å². The molecule has 1 saturated heterocycles. The minimum absolute atomic E-state index is 0.0825. The fraction of sp³-hybridized carbons (Fsp3) is 0.389. The SMILES string of the molecule is C[C@H](Nc1ccc(C(F)(F)F)cc1[N+](=O)[O-])C(=O)N1CCN(S(=O)(=O)c2cccs2)CC1. The third-order valence-electron chi connectivity index (χ3n) is 4.90. The van der Waals surface area contributed by atoms with Crippen LogP contribution in [-0.2, 0) is 21.0 Å². The lowest BCUT2D eigenvalue weighted by Crippen LogP contribution is -2.53. The van der Waals surface area contributed by atoms with Crippen LogP contribution in [0.15, 0.2) is 39.9 Å². The van der Waals surface area contributed by atoms with E-state index in [0.29, 0.717) is 12.1 Å². The molecule has 0 saturated carbocycles. The topological polar surface area (TPSA) is 113 Å². The van der Waals surface area contributed by atoms with Crippen LogP contribution in [0.4, 0.5) is 24.5 Å². The number of carbonyl (C=O) groups excluding carboxylic acids is 1. The first-order valence-electron chi connectivity index (χ1n) is 9.36. The molecule has 1 aliphatic rings. The molecule has 1 aliphatic heterocycles. The third-order valence-corrected chi connectivity index (χ3v) is 8.18. The van der Waals surface area contributed by atoms with Gasteiger partial charge in [0, 0.05) is 32.2 Å². The van der Waals surface area contributed by atoms with Gasteiger partial charge >= 0.3 is 6.18 Å². The van der Waals surface area contributed by atoms with E-state index in [1.807, 2.05) is 0 Å². The fourth-order valence-electron chi connectivity index (χ4n) is 3.24. The second kappa shape index (κ2) is 9.03. The Labute approximate surface area is 185 Å². The molecule has 2 heterocycles. The first kappa shape index (κ1) is 23.9. The largest absolute Gasteiger partial charge is 0.416 e. The lowest BCUT2D eigenvalue weighted by atomic mass is 10.1. The molecular formula is C18H19F3N4O5S2. The van der Waals surface area contributed by atoms with Gasteiger partial charge < -0.3 is 10.2 Å². The van der Waals surface area contributed by atoms with Gasteiger partial charge in [0.25, 0.3) is 15.7 Å². The first-order valence-corrected chi connectivity index (χ1v) is 11.7. The highest BCUT2D eigenvalue weighted by Crippen LogP contribution is 2.35. The molecule has 0 unspecified atom stereocenters. The van der Waals surface area contributed by atoms with Crippen molar-refractivity contribution >= 4 is 38.6 Å². The number of thiophene rings is 1. The van der Waals surface area contributed by atoms with Crippen molar-refractivity contribution in [2.45, 2.75) is 23.4 Å². The number of carbonyl (C=O) groups is 1. The lowest BCUT2D eigenvalue weighted by Gasteiger charge is -2.35. The van der Waals surface area contributed by atoms with E-state index in [1.165, 1.54) is 22.2 Å². The van der Waals surface area contributed by atoms with Crippen LogP contribution < -0.4 is 5.32 Å². The van der Waals surface area contributed by atoms with Crippen LogP contribution >= 0.6 is 11.3 Å². The molecule has 3 rings (SSSR count). The predicted octanol–water partition coefficient (Wildman–Crippen LogP) is 3.01. The Balaban J connectivity index is 1.66. The van der Waals surface area contributed by atoms with Gasteiger partial charge in [-0.2, -0.15) is 17.5 Å². The van der Waals surface area contributed by atoms with E-state index >= 15 is 0 Å². The number of sulfonamides is 1. The van der Waals surface area contributed by atoms with Crippen molar-refractivity contribution < 1.29 is 31.3 Å². The molecule has 0 radical (unpaired) electrons. The van der Waals surface area contributed by atoms with E-state index in [4.69, 9.17) is 0 Å². The van der Waals surface area contributed by atoms with Crippen LogP contribution in [-0.4, -0.2) is 60.7 Å². The van der Waals surface area contributed by atoms with Crippen LogP contribution in [0.2, 0.25) is 0 Å². The Morgan fingerprint density at radius 2 is 1.88 bits per heavy atom. The van der Waals surface area contributed by atoms with Gasteiger partial charge in [0.05, 0.1) is 10.5 Å². The van der Waals surface area contributed by atoms with Crippen molar-refractivity contribution in [1.29, 1.82) is 0 Å². The monoisotopic (exact) mass is 492 g/mol. The van der Waals surface area contributed by atoms with Crippen molar-refractivity contribution in [1.82, 2.24) is 9.21 Å². The molecule has 1 fully saturated rings. The second-order valence-corrected chi connectivity index (χ2v) is 10.1. The Morgan fingerprint density at radius 1 is 1.22 bits per heavy atom. The zero-order valence-electron chi connectivity index (χ0n) is 16.7. The smallest absolute Gasteiger partial charge is 0.368 e. The molecule has 1 aromatic heterocycles. The Hall–Kier alpha value is -2.71. The van der Waals surface area contributed by atoms with E-state index < -0.39 is 44.3 Å². The van der Waals surface area contributed by atoms with E-state index in [9.17, 15) is 36.5 Å². The number of alkyl halides is 3. The number of rotatable bonds is 6. The Kier molecular flexibility index (Phi) is 6.76. The maximum absolute atomic E-state index is 12.9. The number of hydrogen-bond acceptors (Lipinski definition) is 7. The predicted molar refractivity (Wildman–Crippen MR) is 111 cm³/mol. The van der Waals surface area contributed by atoms with Gasteiger partial charge in [0.2, 0.25) is 5.91 Å². The molecule has 0 spiro atoms. The summed E-state index contributed by atoms with van der Waals surface area (Å²) in [5.41, 5.74) is -2.19. The van der Waals surface area contributed by atoms with Gasteiger partial charge in [-0.1, -0.05) is 6.07 Å². The number of piperazine rings is 1. The molecule has 0 aliphatic carbocycles.